The van der Waals surface area contributed by atoms with Gasteiger partial charge in [0.05, 0.1) is 28.4 Å². The molecule has 0 aliphatic carbocycles. The molecule has 2 heterocycles. The van der Waals surface area contributed by atoms with Crippen molar-refractivity contribution in [1.29, 1.82) is 0 Å². The van der Waals surface area contributed by atoms with Gasteiger partial charge in [0.15, 0.2) is 0 Å². The maximum atomic E-state index is 13.3. The van der Waals surface area contributed by atoms with Crippen LogP contribution in [-0.2, 0) is 4.79 Å². The van der Waals surface area contributed by atoms with Crippen molar-refractivity contribution in [3.05, 3.63) is 58.6 Å². The SMILES string of the molecule is CC(C)CNC(=O)[C@H]1CCCN(c2cccc3c2C(=O)N(c2cccc(Cl)c2)C3=O)C1. The van der Waals surface area contributed by atoms with Gasteiger partial charge >= 0.3 is 0 Å². The van der Waals surface area contributed by atoms with Crippen LogP contribution >= 0.6 is 11.6 Å². The van der Waals surface area contributed by atoms with Gasteiger partial charge < -0.3 is 10.2 Å². The molecule has 162 valence electrons. The summed E-state index contributed by atoms with van der Waals surface area (Å²) in [7, 11) is 0. The number of piperidine rings is 1. The Labute approximate surface area is 187 Å². The molecule has 2 aliphatic heterocycles. The zero-order chi connectivity index (χ0) is 22.1. The highest BCUT2D eigenvalue weighted by Crippen LogP contribution is 2.36. The van der Waals surface area contributed by atoms with Gasteiger partial charge in [-0.1, -0.05) is 37.6 Å². The third-order valence-electron chi connectivity index (χ3n) is 5.78. The zero-order valence-electron chi connectivity index (χ0n) is 17.7. The third kappa shape index (κ3) is 4.17. The number of rotatable bonds is 5. The van der Waals surface area contributed by atoms with Crippen LogP contribution in [0.4, 0.5) is 11.4 Å². The molecular weight excluding hydrogens is 414 g/mol. The molecular formula is C24H26ClN3O3. The molecule has 1 atom stereocenters. The molecule has 0 unspecified atom stereocenters. The van der Waals surface area contributed by atoms with E-state index in [1.807, 2.05) is 6.07 Å². The summed E-state index contributed by atoms with van der Waals surface area (Å²) in [4.78, 5) is 42.2. The molecule has 0 radical (unpaired) electrons. The van der Waals surface area contributed by atoms with Crippen molar-refractivity contribution >= 4 is 40.7 Å². The van der Waals surface area contributed by atoms with E-state index >= 15 is 0 Å². The second kappa shape index (κ2) is 8.71. The summed E-state index contributed by atoms with van der Waals surface area (Å²) >= 11 is 6.08. The Kier molecular flexibility index (Phi) is 6.01. The van der Waals surface area contributed by atoms with Gasteiger partial charge in [0.2, 0.25) is 5.91 Å². The molecule has 3 amide bonds. The molecule has 6 nitrogen and oxygen atoms in total. The minimum atomic E-state index is -0.357. The molecule has 1 saturated heterocycles. The van der Waals surface area contributed by atoms with Crippen molar-refractivity contribution in [3.63, 3.8) is 0 Å². The minimum Gasteiger partial charge on any atom is -0.370 e. The standard InChI is InChI=1S/C24H26ClN3O3/c1-15(2)13-26-22(29)16-6-5-11-27(14-16)20-10-4-9-19-21(20)24(31)28(23(19)30)18-8-3-7-17(25)12-18/h3-4,7-10,12,15-16H,5-6,11,13-14H2,1-2H3,(H,26,29)/t16-/m0/s1. The molecule has 2 aromatic carbocycles. The number of carbonyl (C=O) groups is 3. The van der Waals surface area contributed by atoms with Gasteiger partial charge in [-0.25, -0.2) is 4.90 Å². The van der Waals surface area contributed by atoms with Crippen molar-refractivity contribution in [1.82, 2.24) is 5.32 Å². The van der Waals surface area contributed by atoms with E-state index in [0.717, 1.165) is 19.4 Å². The molecule has 0 bridgehead atoms. The first kappa shape index (κ1) is 21.4. The first-order valence-corrected chi connectivity index (χ1v) is 11.0. The van der Waals surface area contributed by atoms with E-state index in [0.29, 0.717) is 46.5 Å². The van der Waals surface area contributed by atoms with Crippen molar-refractivity contribution in [2.24, 2.45) is 11.8 Å². The van der Waals surface area contributed by atoms with Crippen molar-refractivity contribution in [2.75, 3.05) is 29.4 Å². The first-order valence-electron chi connectivity index (χ1n) is 10.7. The summed E-state index contributed by atoms with van der Waals surface area (Å²) in [6.07, 6.45) is 1.67. The van der Waals surface area contributed by atoms with Crippen LogP contribution in [0.15, 0.2) is 42.5 Å². The van der Waals surface area contributed by atoms with Gasteiger partial charge in [-0.15, -0.1) is 0 Å². The van der Waals surface area contributed by atoms with Crippen molar-refractivity contribution < 1.29 is 14.4 Å². The Morgan fingerprint density at radius 2 is 1.94 bits per heavy atom. The number of hydrogen-bond acceptors (Lipinski definition) is 4. The average Bonchev–Trinajstić information content (AvgIpc) is 3.02. The van der Waals surface area contributed by atoms with Crippen LogP contribution in [-0.4, -0.2) is 37.4 Å². The van der Waals surface area contributed by atoms with Crippen molar-refractivity contribution in [2.45, 2.75) is 26.7 Å². The predicted octanol–water partition coefficient (Wildman–Crippen LogP) is 4.13. The normalized spacial score (nSPS) is 18.5. The summed E-state index contributed by atoms with van der Waals surface area (Å²) in [5, 5.41) is 3.48. The minimum absolute atomic E-state index is 0.0499. The number of halogens is 1. The van der Waals surface area contributed by atoms with Crippen molar-refractivity contribution in [3.8, 4) is 0 Å². The fourth-order valence-electron chi connectivity index (χ4n) is 4.24. The Morgan fingerprint density at radius 1 is 1.16 bits per heavy atom. The highest BCUT2D eigenvalue weighted by molar-refractivity contribution is 6.37. The lowest BCUT2D eigenvalue weighted by Gasteiger charge is -2.34. The van der Waals surface area contributed by atoms with Gasteiger partial charge in [-0.05, 0) is 49.1 Å². The van der Waals surface area contributed by atoms with Crippen LogP contribution in [0, 0.1) is 11.8 Å². The van der Waals surface area contributed by atoms with E-state index < -0.39 is 0 Å². The van der Waals surface area contributed by atoms with E-state index in [4.69, 9.17) is 11.6 Å². The van der Waals surface area contributed by atoms with Gasteiger partial charge in [0.25, 0.3) is 11.8 Å². The van der Waals surface area contributed by atoms with Gasteiger partial charge in [0.1, 0.15) is 0 Å². The topological polar surface area (TPSA) is 69.7 Å². The molecule has 0 spiro atoms. The average molecular weight is 440 g/mol. The molecule has 0 aromatic heterocycles. The maximum absolute atomic E-state index is 13.3. The lowest BCUT2D eigenvalue weighted by atomic mass is 9.95. The summed E-state index contributed by atoms with van der Waals surface area (Å²) in [6, 6.07) is 12.1. The summed E-state index contributed by atoms with van der Waals surface area (Å²) in [5.41, 5.74) is 1.94. The van der Waals surface area contributed by atoms with Gasteiger partial charge in [0, 0.05) is 24.7 Å². The number of nitrogens with zero attached hydrogens (tertiary/aromatic N) is 2. The van der Waals surface area contributed by atoms with E-state index in [1.54, 1.807) is 36.4 Å². The molecule has 1 fully saturated rings. The second-order valence-corrected chi connectivity index (χ2v) is 8.99. The molecule has 2 aromatic rings. The number of nitrogens with one attached hydrogen (secondary N) is 1. The number of anilines is 2. The van der Waals surface area contributed by atoms with E-state index in [2.05, 4.69) is 24.1 Å². The summed E-state index contributed by atoms with van der Waals surface area (Å²) in [5.74, 6) is -0.410. The lowest BCUT2D eigenvalue weighted by molar-refractivity contribution is -0.125. The van der Waals surface area contributed by atoms with E-state index in [-0.39, 0.29) is 23.6 Å². The second-order valence-electron chi connectivity index (χ2n) is 8.55. The zero-order valence-corrected chi connectivity index (χ0v) is 18.5. The number of amides is 3. The van der Waals surface area contributed by atoms with Crippen LogP contribution in [0.25, 0.3) is 0 Å². The highest BCUT2D eigenvalue weighted by Gasteiger charge is 2.40. The van der Waals surface area contributed by atoms with Crippen LogP contribution in [0.2, 0.25) is 5.02 Å². The lowest BCUT2D eigenvalue weighted by Crippen LogP contribution is -2.44. The number of imide groups is 1. The number of benzene rings is 2. The third-order valence-corrected chi connectivity index (χ3v) is 6.01. The Morgan fingerprint density at radius 3 is 2.68 bits per heavy atom. The maximum Gasteiger partial charge on any atom is 0.268 e. The molecule has 7 heteroatoms. The fourth-order valence-corrected chi connectivity index (χ4v) is 4.42. The van der Waals surface area contributed by atoms with Crippen LogP contribution in [0.5, 0.6) is 0 Å². The number of fused-ring (bicyclic) bond motifs is 1. The smallest absolute Gasteiger partial charge is 0.268 e. The van der Waals surface area contributed by atoms with Crippen LogP contribution in [0.1, 0.15) is 47.4 Å². The summed E-state index contributed by atoms with van der Waals surface area (Å²) in [6.45, 7) is 6.05. The molecule has 1 N–H and O–H groups in total. The first-order chi connectivity index (χ1) is 14.9. The molecule has 31 heavy (non-hydrogen) atoms. The molecule has 2 aliphatic rings. The fraction of sp³-hybridized carbons (Fsp3) is 0.375. The van der Waals surface area contributed by atoms with Crippen LogP contribution < -0.4 is 15.1 Å². The Hall–Kier alpha value is -2.86. The quantitative estimate of drug-likeness (QED) is 0.711. The molecule has 4 rings (SSSR count). The Bertz CT molecular complexity index is 1040. The number of hydrogen-bond donors (Lipinski definition) is 1. The van der Waals surface area contributed by atoms with Crippen LogP contribution in [0.3, 0.4) is 0 Å². The van der Waals surface area contributed by atoms with Gasteiger partial charge in [-0.2, -0.15) is 0 Å². The predicted molar refractivity (Wildman–Crippen MR) is 122 cm³/mol. The monoisotopic (exact) mass is 439 g/mol. The van der Waals surface area contributed by atoms with E-state index in [9.17, 15) is 14.4 Å². The highest BCUT2D eigenvalue weighted by atomic mass is 35.5. The van der Waals surface area contributed by atoms with Gasteiger partial charge in [-0.3, -0.25) is 14.4 Å². The molecule has 0 saturated carbocycles. The summed E-state index contributed by atoms with van der Waals surface area (Å²) < 4.78 is 0. The largest absolute Gasteiger partial charge is 0.370 e. The van der Waals surface area contributed by atoms with E-state index in [1.165, 1.54) is 4.90 Å². The number of carbonyl (C=O) groups excluding carboxylic acids is 3. The Balaban J connectivity index is 1.61.